The Kier molecular flexibility index (Phi) is 3.00. The van der Waals surface area contributed by atoms with Gasteiger partial charge in [0.1, 0.15) is 11.3 Å². The molecule has 3 N–H and O–H groups in total. The number of nitrogens with one attached hydrogen (secondary N) is 1. The van der Waals surface area contributed by atoms with Crippen molar-refractivity contribution in [3.05, 3.63) is 28.6 Å². The van der Waals surface area contributed by atoms with Gasteiger partial charge in [-0.1, -0.05) is 0 Å². The van der Waals surface area contributed by atoms with E-state index < -0.39 is 0 Å². The Hall–Kier alpha value is -1.69. The van der Waals surface area contributed by atoms with Crippen LogP contribution in [0.3, 0.4) is 0 Å². The van der Waals surface area contributed by atoms with Gasteiger partial charge in [0, 0.05) is 11.1 Å². The predicted octanol–water partition coefficient (Wildman–Crippen LogP) is 2.00. The largest absolute Gasteiger partial charge is 0.394 e. The highest BCUT2D eigenvalue weighted by molar-refractivity contribution is 7.11. The zero-order valence-electron chi connectivity index (χ0n) is 9.14. The molecule has 0 aliphatic carbocycles. The molecule has 2 aromatic heterocycles. The highest BCUT2D eigenvalue weighted by Gasteiger charge is 2.11. The maximum absolute atomic E-state index is 5.75. The highest BCUT2D eigenvalue weighted by atomic mass is 32.1. The van der Waals surface area contributed by atoms with Crippen LogP contribution in [0.5, 0.6) is 0 Å². The summed E-state index contributed by atoms with van der Waals surface area (Å²) in [6, 6.07) is 0.0934. The average molecular weight is 235 g/mol. The van der Waals surface area contributed by atoms with Crippen LogP contribution in [-0.4, -0.2) is 15.0 Å². The molecule has 0 aliphatic heterocycles. The van der Waals surface area contributed by atoms with Gasteiger partial charge >= 0.3 is 0 Å². The summed E-state index contributed by atoms with van der Waals surface area (Å²) in [4.78, 5) is 13.4. The molecular weight excluding hydrogens is 222 g/mol. The van der Waals surface area contributed by atoms with Crippen LogP contribution < -0.4 is 11.1 Å². The van der Waals surface area contributed by atoms with E-state index in [2.05, 4.69) is 20.3 Å². The van der Waals surface area contributed by atoms with Gasteiger partial charge in [-0.3, -0.25) is 0 Å². The molecule has 0 aliphatic rings. The van der Waals surface area contributed by atoms with Gasteiger partial charge < -0.3 is 11.1 Å². The number of rotatable bonds is 3. The van der Waals surface area contributed by atoms with Crippen LogP contribution in [-0.2, 0) is 0 Å². The summed E-state index contributed by atoms with van der Waals surface area (Å²) < 4.78 is 0. The van der Waals surface area contributed by atoms with Gasteiger partial charge in [-0.15, -0.1) is 11.3 Å². The van der Waals surface area contributed by atoms with Crippen LogP contribution in [0, 0.1) is 6.92 Å². The van der Waals surface area contributed by atoms with E-state index in [-0.39, 0.29) is 6.04 Å². The number of hydrogen-bond donors (Lipinski definition) is 2. The molecule has 0 bridgehead atoms. The van der Waals surface area contributed by atoms with Crippen LogP contribution in [0.15, 0.2) is 18.7 Å². The first-order valence-corrected chi connectivity index (χ1v) is 5.73. The summed E-state index contributed by atoms with van der Waals surface area (Å²) in [5, 5.41) is 4.24. The van der Waals surface area contributed by atoms with Crippen LogP contribution >= 0.6 is 11.3 Å². The molecule has 0 fully saturated rings. The van der Waals surface area contributed by atoms with E-state index in [0.717, 1.165) is 5.01 Å². The Morgan fingerprint density at radius 3 is 2.81 bits per heavy atom. The zero-order valence-corrected chi connectivity index (χ0v) is 9.95. The van der Waals surface area contributed by atoms with E-state index >= 15 is 0 Å². The van der Waals surface area contributed by atoms with Crippen LogP contribution in [0.25, 0.3) is 0 Å². The molecule has 6 heteroatoms. The molecule has 2 rings (SSSR count). The Labute approximate surface area is 97.8 Å². The molecule has 5 nitrogen and oxygen atoms in total. The average Bonchev–Trinajstić information content (AvgIpc) is 2.68. The predicted molar refractivity (Wildman–Crippen MR) is 65.3 cm³/mol. The molecule has 0 amide bonds. The van der Waals surface area contributed by atoms with Gasteiger partial charge in [0.25, 0.3) is 0 Å². The van der Waals surface area contributed by atoms with Crippen molar-refractivity contribution in [2.45, 2.75) is 19.9 Å². The SMILES string of the molecule is Cc1cnc(C(C)Nc2ncncc2N)s1. The molecule has 2 heterocycles. The summed E-state index contributed by atoms with van der Waals surface area (Å²) in [5.74, 6) is 0.648. The van der Waals surface area contributed by atoms with Gasteiger partial charge in [-0.05, 0) is 13.8 Å². The van der Waals surface area contributed by atoms with Crippen LogP contribution in [0.4, 0.5) is 11.5 Å². The van der Waals surface area contributed by atoms with E-state index in [1.165, 1.54) is 11.2 Å². The Morgan fingerprint density at radius 2 is 2.19 bits per heavy atom. The molecule has 84 valence electrons. The molecule has 2 aromatic rings. The second-order valence-electron chi connectivity index (χ2n) is 3.50. The molecule has 1 atom stereocenters. The topological polar surface area (TPSA) is 76.7 Å². The van der Waals surface area contributed by atoms with E-state index in [9.17, 15) is 0 Å². The normalized spacial score (nSPS) is 12.4. The van der Waals surface area contributed by atoms with Gasteiger partial charge in [-0.2, -0.15) is 0 Å². The Bertz CT molecular complexity index is 482. The summed E-state index contributed by atoms with van der Waals surface area (Å²) in [6.45, 7) is 4.06. The fourth-order valence-electron chi connectivity index (χ4n) is 1.30. The van der Waals surface area contributed by atoms with Crippen molar-refractivity contribution >= 4 is 22.8 Å². The fraction of sp³-hybridized carbons (Fsp3) is 0.300. The Morgan fingerprint density at radius 1 is 1.38 bits per heavy atom. The monoisotopic (exact) mass is 235 g/mol. The van der Waals surface area contributed by atoms with Crippen molar-refractivity contribution in [1.82, 2.24) is 15.0 Å². The van der Waals surface area contributed by atoms with E-state index in [1.807, 2.05) is 20.0 Å². The van der Waals surface area contributed by atoms with Crippen molar-refractivity contribution in [3.63, 3.8) is 0 Å². The fourth-order valence-corrected chi connectivity index (χ4v) is 2.08. The minimum atomic E-state index is 0.0934. The molecule has 0 saturated heterocycles. The van der Waals surface area contributed by atoms with Gasteiger partial charge in [0.2, 0.25) is 0 Å². The standard InChI is InChI=1S/C10H13N5S/c1-6-3-13-10(16-6)7(2)15-9-8(11)4-12-5-14-9/h3-5,7H,11H2,1-2H3,(H,12,14,15). The first-order valence-electron chi connectivity index (χ1n) is 4.91. The number of hydrogen-bond acceptors (Lipinski definition) is 6. The number of thiazole rings is 1. The molecule has 0 radical (unpaired) electrons. The first-order chi connectivity index (χ1) is 7.66. The third kappa shape index (κ3) is 2.27. The van der Waals surface area contributed by atoms with Crippen molar-refractivity contribution in [1.29, 1.82) is 0 Å². The van der Waals surface area contributed by atoms with Crippen molar-refractivity contribution < 1.29 is 0 Å². The summed E-state index contributed by atoms with van der Waals surface area (Å²) in [7, 11) is 0. The van der Waals surface area contributed by atoms with Crippen LogP contribution in [0.2, 0.25) is 0 Å². The lowest BCUT2D eigenvalue weighted by molar-refractivity contribution is 0.859. The number of aryl methyl sites for hydroxylation is 1. The smallest absolute Gasteiger partial charge is 0.153 e. The van der Waals surface area contributed by atoms with E-state index in [4.69, 9.17) is 5.73 Å². The zero-order chi connectivity index (χ0) is 11.5. The summed E-state index contributed by atoms with van der Waals surface area (Å²) in [5.41, 5.74) is 6.29. The lowest BCUT2D eigenvalue weighted by atomic mass is 10.3. The molecule has 16 heavy (non-hydrogen) atoms. The maximum Gasteiger partial charge on any atom is 0.153 e. The van der Waals surface area contributed by atoms with Gasteiger partial charge in [0.15, 0.2) is 5.82 Å². The van der Waals surface area contributed by atoms with E-state index in [0.29, 0.717) is 11.5 Å². The lowest BCUT2D eigenvalue weighted by Crippen LogP contribution is -2.09. The number of nitrogens with two attached hydrogens (primary N) is 1. The van der Waals surface area contributed by atoms with Crippen molar-refractivity contribution in [3.8, 4) is 0 Å². The second kappa shape index (κ2) is 4.44. The van der Waals surface area contributed by atoms with Crippen molar-refractivity contribution in [2.24, 2.45) is 0 Å². The number of aromatic nitrogens is 3. The third-order valence-corrected chi connectivity index (χ3v) is 3.20. The van der Waals surface area contributed by atoms with Crippen molar-refractivity contribution in [2.75, 3.05) is 11.1 Å². The number of anilines is 2. The molecule has 0 saturated carbocycles. The Balaban J connectivity index is 2.13. The quantitative estimate of drug-likeness (QED) is 0.850. The maximum atomic E-state index is 5.75. The summed E-state index contributed by atoms with van der Waals surface area (Å²) >= 11 is 1.66. The van der Waals surface area contributed by atoms with E-state index in [1.54, 1.807) is 17.5 Å². The third-order valence-electron chi connectivity index (χ3n) is 2.10. The minimum Gasteiger partial charge on any atom is -0.394 e. The molecular formula is C10H13N5S. The summed E-state index contributed by atoms with van der Waals surface area (Å²) in [6.07, 6.45) is 4.91. The van der Waals surface area contributed by atoms with Gasteiger partial charge in [-0.25, -0.2) is 15.0 Å². The molecule has 0 spiro atoms. The minimum absolute atomic E-state index is 0.0934. The first kappa shape index (κ1) is 10.8. The highest BCUT2D eigenvalue weighted by Crippen LogP contribution is 2.24. The molecule has 1 unspecified atom stereocenters. The number of nitrogens with zero attached hydrogens (tertiary/aromatic N) is 3. The lowest BCUT2D eigenvalue weighted by Gasteiger charge is -2.12. The number of nitrogen functional groups attached to an aromatic ring is 1. The van der Waals surface area contributed by atoms with Crippen LogP contribution in [0.1, 0.15) is 22.9 Å². The van der Waals surface area contributed by atoms with Gasteiger partial charge in [0.05, 0.1) is 17.9 Å². The second-order valence-corrected chi connectivity index (χ2v) is 4.77. The molecule has 0 aromatic carbocycles.